The lowest BCUT2D eigenvalue weighted by atomic mass is 9.81. The third-order valence-electron chi connectivity index (χ3n) is 2.96. The predicted octanol–water partition coefficient (Wildman–Crippen LogP) is 2.08. The number of rotatable bonds is 4. The van der Waals surface area contributed by atoms with Crippen LogP contribution in [0.1, 0.15) is 18.9 Å². The van der Waals surface area contributed by atoms with Gasteiger partial charge < -0.3 is 14.6 Å². The summed E-state index contributed by atoms with van der Waals surface area (Å²) in [5, 5.41) is 8.95. The van der Waals surface area contributed by atoms with E-state index in [-0.39, 0.29) is 13.2 Å². The maximum absolute atomic E-state index is 10.9. The molecule has 1 aliphatic heterocycles. The van der Waals surface area contributed by atoms with Gasteiger partial charge in [0.25, 0.3) is 0 Å². The molecule has 1 N–H and O–H groups in total. The van der Waals surface area contributed by atoms with Crippen LogP contribution in [0.2, 0.25) is 0 Å². The van der Waals surface area contributed by atoms with Crippen LogP contribution in [0.5, 0.6) is 11.5 Å². The lowest BCUT2D eigenvalue weighted by Gasteiger charge is -2.26. The largest absolute Gasteiger partial charge is 0.481 e. The molecule has 1 aliphatic rings. The zero-order valence-electron chi connectivity index (χ0n) is 9.47. The number of ether oxygens (including phenoxy) is 2. The zero-order valence-corrected chi connectivity index (χ0v) is 10.4. The van der Waals surface area contributed by atoms with Crippen LogP contribution in [0.4, 0.5) is 0 Å². The highest BCUT2D eigenvalue weighted by Gasteiger charge is 2.30. The number of fused-ring (bicyclic) bond motifs is 1. The Kier molecular flexibility index (Phi) is 3.19. The van der Waals surface area contributed by atoms with Crippen molar-refractivity contribution in [2.24, 2.45) is 0 Å². The molecule has 1 aromatic rings. The molecule has 0 bridgehead atoms. The molecule has 1 unspecified atom stereocenters. The standard InChI is InChI=1S/C12H14O4S/c1-12(6-17,5-11(13)14)8-2-3-9-10(4-8)16-7-15-9/h2-4,17H,5-7H2,1H3,(H,13,14). The molecule has 0 fully saturated rings. The minimum Gasteiger partial charge on any atom is -0.481 e. The van der Waals surface area contributed by atoms with E-state index in [1.54, 1.807) is 6.07 Å². The van der Waals surface area contributed by atoms with E-state index in [4.69, 9.17) is 14.6 Å². The first-order chi connectivity index (χ1) is 8.05. The van der Waals surface area contributed by atoms with Crippen LogP contribution in [-0.2, 0) is 10.2 Å². The molecule has 0 aromatic heterocycles. The van der Waals surface area contributed by atoms with E-state index in [1.165, 1.54) is 0 Å². The number of aliphatic carboxylic acids is 1. The first kappa shape index (κ1) is 12.1. The van der Waals surface area contributed by atoms with Crippen LogP contribution in [-0.4, -0.2) is 23.6 Å². The summed E-state index contributed by atoms with van der Waals surface area (Å²) in [4.78, 5) is 10.9. The van der Waals surface area contributed by atoms with Crippen molar-refractivity contribution in [3.05, 3.63) is 23.8 Å². The quantitative estimate of drug-likeness (QED) is 0.808. The maximum Gasteiger partial charge on any atom is 0.304 e. The second-order valence-corrected chi connectivity index (χ2v) is 4.67. The molecule has 0 amide bonds. The lowest BCUT2D eigenvalue weighted by Crippen LogP contribution is -2.27. The van der Waals surface area contributed by atoms with Crippen LogP contribution >= 0.6 is 12.6 Å². The number of carboxylic acids is 1. The van der Waals surface area contributed by atoms with E-state index in [0.29, 0.717) is 17.3 Å². The third kappa shape index (κ3) is 2.34. The third-order valence-corrected chi connectivity index (χ3v) is 3.66. The Morgan fingerprint density at radius 1 is 1.47 bits per heavy atom. The van der Waals surface area contributed by atoms with Crippen molar-refractivity contribution in [1.29, 1.82) is 0 Å². The molecule has 1 aromatic carbocycles. The summed E-state index contributed by atoms with van der Waals surface area (Å²) in [6.45, 7) is 2.10. The molecular formula is C12H14O4S. The molecule has 0 radical (unpaired) electrons. The van der Waals surface area contributed by atoms with Crippen molar-refractivity contribution in [1.82, 2.24) is 0 Å². The molecule has 0 saturated heterocycles. The van der Waals surface area contributed by atoms with Crippen LogP contribution in [0, 0.1) is 0 Å². The van der Waals surface area contributed by atoms with Gasteiger partial charge in [-0.05, 0) is 17.7 Å². The summed E-state index contributed by atoms with van der Waals surface area (Å²) >= 11 is 4.26. The van der Waals surface area contributed by atoms with Crippen molar-refractivity contribution >= 4 is 18.6 Å². The fraction of sp³-hybridized carbons (Fsp3) is 0.417. The van der Waals surface area contributed by atoms with E-state index < -0.39 is 11.4 Å². The average molecular weight is 254 g/mol. The van der Waals surface area contributed by atoms with Gasteiger partial charge in [0.15, 0.2) is 11.5 Å². The van der Waals surface area contributed by atoms with E-state index in [0.717, 1.165) is 5.56 Å². The molecule has 2 rings (SSSR count). The number of benzene rings is 1. The van der Waals surface area contributed by atoms with Gasteiger partial charge in [-0.25, -0.2) is 0 Å². The molecule has 0 saturated carbocycles. The van der Waals surface area contributed by atoms with Gasteiger partial charge in [0.05, 0.1) is 6.42 Å². The van der Waals surface area contributed by atoms with Crippen molar-refractivity contribution in [2.45, 2.75) is 18.8 Å². The zero-order chi connectivity index (χ0) is 12.5. The van der Waals surface area contributed by atoms with Crippen molar-refractivity contribution < 1.29 is 19.4 Å². The molecular weight excluding hydrogens is 240 g/mol. The molecule has 5 heteroatoms. The SMILES string of the molecule is CC(CS)(CC(=O)O)c1ccc2c(c1)OCO2. The lowest BCUT2D eigenvalue weighted by molar-refractivity contribution is -0.138. The minimum absolute atomic E-state index is 0.0378. The summed E-state index contributed by atoms with van der Waals surface area (Å²) in [5.74, 6) is 0.990. The van der Waals surface area contributed by atoms with Crippen molar-refractivity contribution in [2.75, 3.05) is 12.5 Å². The van der Waals surface area contributed by atoms with Gasteiger partial charge in [-0.1, -0.05) is 13.0 Å². The Balaban J connectivity index is 2.34. The van der Waals surface area contributed by atoms with Gasteiger partial charge in [0.1, 0.15) is 0 Å². The second-order valence-electron chi connectivity index (χ2n) is 4.36. The van der Waals surface area contributed by atoms with Crippen molar-refractivity contribution in [3.8, 4) is 11.5 Å². The summed E-state index contributed by atoms with van der Waals surface area (Å²) in [5.41, 5.74) is 0.398. The number of hydrogen-bond donors (Lipinski definition) is 2. The van der Waals surface area contributed by atoms with Crippen LogP contribution in [0.3, 0.4) is 0 Å². The molecule has 1 heterocycles. The Labute approximate surface area is 105 Å². The van der Waals surface area contributed by atoms with Gasteiger partial charge in [-0.2, -0.15) is 12.6 Å². The molecule has 1 atom stereocenters. The topological polar surface area (TPSA) is 55.8 Å². The number of carboxylic acid groups (broad SMARTS) is 1. The number of hydrogen-bond acceptors (Lipinski definition) is 4. The van der Waals surface area contributed by atoms with Gasteiger partial charge in [-0.15, -0.1) is 0 Å². The van der Waals surface area contributed by atoms with Gasteiger partial charge in [0.2, 0.25) is 6.79 Å². The van der Waals surface area contributed by atoms with Gasteiger partial charge >= 0.3 is 5.97 Å². The minimum atomic E-state index is -0.834. The normalized spacial score (nSPS) is 16.6. The summed E-state index contributed by atoms with van der Waals surface area (Å²) < 4.78 is 10.5. The first-order valence-corrected chi connectivity index (χ1v) is 5.91. The van der Waals surface area contributed by atoms with Crippen LogP contribution < -0.4 is 9.47 Å². The molecule has 4 nitrogen and oxygen atoms in total. The highest BCUT2D eigenvalue weighted by Crippen LogP contribution is 2.38. The van der Waals surface area contributed by atoms with Gasteiger partial charge in [0, 0.05) is 11.2 Å². The monoisotopic (exact) mass is 254 g/mol. The molecule has 0 spiro atoms. The fourth-order valence-corrected chi connectivity index (χ4v) is 2.15. The predicted molar refractivity (Wildman–Crippen MR) is 66.0 cm³/mol. The second kappa shape index (κ2) is 4.49. The van der Waals surface area contributed by atoms with Crippen molar-refractivity contribution in [3.63, 3.8) is 0 Å². The number of carbonyl (C=O) groups is 1. The Morgan fingerprint density at radius 2 is 2.18 bits per heavy atom. The van der Waals surface area contributed by atoms with E-state index in [9.17, 15) is 4.79 Å². The Hall–Kier alpha value is -1.36. The Bertz CT molecular complexity index is 446. The van der Waals surface area contributed by atoms with Crippen LogP contribution in [0.25, 0.3) is 0 Å². The average Bonchev–Trinajstić information content (AvgIpc) is 2.74. The molecule has 17 heavy (non-hydrogen) atoms. The highest BCUT2D eigenvalue weighted by atomic mass is 32.1. The van der Waals surface area contributed by atoms with E-state index in [2.05, 4.69) is 12.6 Å². The molecule has 92 valence electrons. The first-order valence-electron chi connectivity index (χ1n) is 5.28. The number of thiol groups is 1. The van der Waals surface area contributed by atoms with Gasteiger partial charge in [-0.3, -0.25) is 4.79 Å². The smallest absolute Gasteiger partial charge is 0.304 e. The summed E-state index contributed by atoms with van der Waals surface area (Å²) in [6.07, 6.45) is 0.0378. The van der Waals surface area contributed by atoms with E-state index >= 15 is 0 Å². The fourth-order valence-electron chi connectivity index (χ4n) is 1.85. The summed E-state index contributed by atoms with van der Waals surface area (Å²) in [6, 6.07) is 5.51. The van der Waals surface area contributed by atoms with Crippen LogP contribution in [0.15, 0.2) is 18.2 Å². The summed E-state index contributed by atoms with van der Waals surface area (Å²) in [7, 11) is 0. The highest BCUT2D eigenvalue weighted by molar-refractivity contribution is 7.80. The Morgan fingerprint density at radius 3 is 2.82 bits per heavy atom. The molecule has 0 aliphatic carbocycles. The van der Waals surface area contributed by atoms with E-state index in [1.807, 2.05) is 19.1 Å². The maximum atomic E-state index is 10.9.